The zero-order chi connectivity index (χ0) is 16.7. The molecule has 0 bridgehead atoms. The predicted molar refractivity (Wildman–Crippen MR) is 81.3 cm³/mol. The van der Waals surface area contributed by atoms with E-state index in [4.69, 9.17) is 10.00 Å². The number of nitriles is 1. The standard InChI is InChI=1S/C18H17F2NO2/c19-16-10-9-15(12-17(16)20)23-18(22)14-7-5-13(6-8-14)4-2-1-3-11-21/h1-4,9-10,12-14H,5-8H2/t13-,14-. The molecule has 5 heteroatoms. The van der Waals surface area contributed by atoms with E-state index >= 15 is 0 Å². The van der Waals surface area contributed by atoms with Crippen molar-refractivity contribution in [3.63, 3.8) is 0 Å². The van der Waals surface area contributed by atoms with Crippen LogP contribution in [0.1, 0.15) is 25.7 Å². The molecule has 1 aromatic rings. The number of carbonyl (C=O) groups is 1. The maximum absolute atomic E-state index is 13.1. The summed E-state index contributed by atoms with van der Waals surface area (Å²) in [4.78, 5) is 12.1. The number of rotatable bonds is 4. The molecule has 1 aliphatic carbocycles. The van der Waals surface area contributed by atoms with E-state index in [9.17, 15) is 13.6 Å². The quantitative estimate of drug-likeness (QED) is 0.360. The molecule has 2 rings (SSSR count). The van der Waals surface area contributed by atoms with E-state index in [1.165, 1.54) is 12.1 Å². The molecule has 0 aliphatic heterocycles. The highest BCUT2D eigenvalue weighted by molar-refractivity contribution is 5.75. The highest BCUT2D eigenvalue weighted by atomic mass is 19.2. The molecule has 1 aromatic carbocycles. The van der Waals surface area contributed by atoms with Crippen LogP contribution in [0.3, 0.4) is 0 Å². The molecule has 0 N–H and O–H groups in total. The fraction of sp³-hybridized carbons (Fsp3) is 0.333. The molecule has 1 fully saturated rings. The molecule has 0 unspecified atom stereocenters. The van der Waals surface area contributed by atoms with Gasteiger partial charge in [-0.2, -0.15) is 5.26 Å². The monoisotopic (exact) mass is 317 g/mol. The second-order valence-corrected chi connectivity index (χ2v) is 5.48. The fourth-order valence-corrected chi connectivity index (χ4v) is 2.61. The number of allylic oxidation sites excluding steroid dienone is 4. The minimum atomic E-state index is -1.03. The average molecular weight is 317 g/mol. The zero-order valence-corrected chi connectivity index (χ0v) is 12.5. The summed E-state index contributed by atoms with van der Waals surface area (Å²) < 4.78 is 31.1. The summed E-state index contributed by atoms with van der Waals surface area (Å²) >= 11 is 0. The van der Waals surface area contributed by atoms with Crippen LogP contribution in [0.4, 0.5) is 8.78 Å². The first-order chi connectivity index (χ1) is 11.1. The average Bonchev–Trinajstić information content (AvgIpc) is 2.55. The lowest BCUT2D eigenvalue weighted by Crippen LogP contribution is -2.25. The Hall–Kier alpha value is -2.48. The Morgan fingerprint density at radius 2 is 1.91 bits per heavy atom. The summed E-state index contributed by atoms with van der Waals surface area (Å²) in [6, 6.07) is 4.97. The number of benzene rings is 1. The summed E-state index contributed by atoms with van der Waals surface area (Å²) in [7, 11) is 0. The van der Waals surface area contributed by atoms with Gasteiger partial charge in [-0.05, 0) is 43.7 Å². The van der Waals surface area contributed by atoms with Gasteiger partial charge < -0.3 is 4.74 Å². The van der Waals surface area contributed by atoms with Gasteiger partial charge >= 0.3 is 5.97 Å². The minimum absolute atomic E-state index is 0.0255. The Kier molecular flexibility index (Phi) is 6.04. The smallest absolute Gasteiger partial charge is 0.314 e. The third-order valence-corrected chi connectivity index (χ3v) is 3.88. The van der Waals surface area contributed by atoms with E-state index in [-0.39, 0.29) is 11.7 Å². The third kappa shape index (κ3) is 5.03. The summed E-state index contributed by atoms with van der Waals surface area (Å²) in [5.74, 6) is -2.22. The van der Waals surface area contributed by atoms with Crippen LogP contribution in [0.5, 0.6) is 5.75 Å². The Morgan fingerprint density at radius 1 is 1.17 bits per heavy atom. The van der Waals surface area contributed by atoms with Gasteiger partial charge in [-0.25, -0.2) is 8.78 Å². The maximum atomic E-state index is 13.1. The number of ether oxygens (including phenoxy) is 1. The Labute approximate surface area is 133 Å². The summed E-state index contributed by atoms with van der Waals surface area (Å²) in [6.45, 7) is 0. The topological polar surface area (TPSA) is 50.1 Å². The first kappa shape index (κ1) is 16.9. The third-order valence-electron chi connectivity index (χ3n) is 3.88. The van der Waals surface area contributed by atoms with E-state index in [0.717, 1.165) is 25.0 Å². The second-order valence-electron chi connectivity index (χ2n) is 5.48. The van der Waals surface area contributed by atoms with Crippen molar-refractivity contribution in [2.45, 2.75) is 25.7 Å². The highest BCUT2D eigenvalue weighted by Crippen LogP contribution is 2.31. The molecule has 23 heavy (non-hydrogen) atoms. The van der Waals surface area contributed by atoms with Gasteiger partial charge in [-0.15, -0.1) is 0 Å². The van der Waals surface area contributed by atoms with Crippen molar-refractivity contribution in [1.29, 1.82) is 5.26 Å². The van der Waals surface area contributed by atoms with Crippen LogP contribution in [-0.4, -0.2) is 5.97 Å². The van der Waals surface area contributed by atoms with Gasteiger partial charge in [0.1, 0.15) is 5.75 Å². The van der Waals surface area contributed by atoms with Crippen molar-refractivity contribution in [2.75, 3.05) is 0 Å². The number of esters is 1. The number of carbonyl (C=O) groups excluding carboxylic acids is 1. The van der Waals surface area contributed by atoms with Crippen LogP contribution < -0.4 is 4.74 Å². The predicted octanol–water partition coefficient (Wildman–Crippen LogP) is 4.31. The zero-order valence-electron chi connectivity index (χ0n) is 12.5. The molecule has 0 amide bonds. The van der Waals surface area contributed by atoms with Crippen molar-refractivity contribution < 1.29 is 18.3 Å². The summed E-state index contributed by atoms with van der Waals surface area (Å²) in [5, 5.41) is 8.39. The normalized spacial score (nSPS) is 21.4. The Morgan fingerprint density at radius 3 is 2.57 bits per heavy atom. The van der Waals surface area contributed by atoms with Crippen LogP contribution in [0.15, 0.2) is 42.5 Å². The molecule has 0 aromatic heterocycles. The first-order valence-corrected chi connectivity index (χ1v) is 7.50. The molecule has 0 spiro atoms. The highest BCUT2D eigenvalue weighted by Gasteiger charge is 2.26. The van der Waals surface area contributed by atoms with Gasteiger partial charge in [-0.1, -0.05) is 18.2 Å². The van der Waals surface area contributed by atoms with Gasteiger partial charge in [0.15, 0.2) is 11.6 Å². The summed E-state index contributed by atoms with van der Waals surface area (Å²) in [5.41, 5.74) is 0. The number of hydrogen-bond acceptors (Lipinski definition) is 3. The van der Waals surface area contributed by atoms with Crippen molar-refractivity contribution in [2.24, 2.45) is 11.8 Å². The van der Waals surface area contributed by atoms with Crippen LogP contribution >= 0.6 is 0 Å². The molecule has 0 saturated heterocycles. The van der Waals surface area contributed by atoms with E-state index in [0.29, 0.717) is 18.8 Å². The van der Waals surface area contributed by atoms with Crippen LogP contribution in [-0.2, 0) is 4.79 Å². The van der Waals surface area contributed by atoms with Crippen molar-refractivity contribution in [3.05, 3.63) is 54.1 Å². The van der Waals surface area contributed by atoms with Gasteiger partial charge in [0.05, 0.1) is 12.0 Å². The van der Waals surface area contributed by atoms with E-state index in [1.54, 1.807) is 6.08 Å². The number of hydrogen-bond donors (Lipinski definition) is 0. The summed E-state index contributed by atoms with van der Waals surface area (Å²) in [6.07, 6.45) is 10.1. The van der Waals surface area contributed by atoms with Crippen LogP contribution in [0.2, 0.25) is 0 Å². The van der Waals surface area contributed by atoms with Crippen molar-refractivity contribution in [3.8, 4) is 11.8 Å². The molecule has 0 atom stereocenters. The molecule has 3 nitrogen and oxygen atoms in total. The van der Waals surface area contributed by atoms with Gasteiger partial charge in [0, 0.05) is 12.1 Å². The number of halogens is 2. The largest absolute Gasteiger partial charge is 0.426 e. The molecule has 1 saturated carbocycles. The van der Waals surface area contributed by atoms with E-state index in [1.807, 2.05) is 18.2 Å². The molecule has 0 heterocycles. The van der Waals surface area contributed by atoms with Gasteiger partial charge in [0.2, 0.25) is 0 Å². The van der Waals surface area contributed by atoms with Gasteiger partial charge in [0.25, 0.3) is 0 Å². The fourth-order valence-electron chi connectivity index (χ4n) is 2.61. The molecular weight excluding hydrogens is 300 g/mol. The van der Waals surface area contributed by atoms with E-state index in [2.05, 4.69) is 0 Å². The van der Waals surface area contributed by atoms with E-state index < -0.39 is 17.6 Å². The Balaban J connectivity index is 1.83. The molecule has 0 radical (unpaired) electrons. The molecule has 1 aliphatic rings. The molecule has 120 valence electrons. The van der Waals surface area contributed by atoms with Crippen LogP contribution in [0.25, 0.3) is 0 Å². The molecular formula is C18H17F2NO2. The lowest BCUT2D eigenvalue weighted by Gasteiger charge is -2.25. The first-order valence-electron chi connectivity index (χ1n) is 7.50. The lowest BCUT2D eigenvalue weighted by molar-refractivity contribution is -0.140. The Bertz CT molecular complexity index is 653. The minimum Gasteiger partial charge on any atom is -0.426 e. The maximum Gasteiger partial charge on any atom is 0.314 e. The van der Waals surface area contributed by atoms with Crippen molar-refractivity contribution >= 4 is 5.97 Å². The number of nitrogens with zero attached hydrogens (tertiary/aromatic N) is 1. The lowest BCUT2D eigenvalue weighted by atomic mass is 9.82. The van der Waals surface area contributed by atoms with Crippen molar-refractivity contribution in [1.82, 2.24) is 0 Å². The second kappa shape index (κ2) is 8.23. The van der Waals surface area contributed by atoms with Gasteiger partial charge in [-0.3, -0.25) is 4.79 Å². The SMILES string of the molecule is N#CC=CC=C[C@H]1CC[C@H](C(=O)Oc2ccc(F)c(F)c2)CC1. The van der Waals surface area contributed by atoms with Crippen LogP contribution in [0, 0.1) is 34.8 Å².